The molecule has 0 bridgehead atoms. The molecule has 6 rings (SSSR count). The van der Waals surface area contributed by atoms with Crippen LogP contribution >= 0.6 is 7.60 Å². The highest BCUT2D eigenvalue weighted by molar-refractivity contribution is 7.52. The van der Waals surface area contributed by atoms with Crippen LogP contribution in [0.2, 0.25) is 0 Å². The molecule has 3 N–H and O–H groups in total. The number of likely N-dealkylation sites (tertiary alicyclic amines) is 1. The number of hydrogen-bond acceptors (Lipinski definition) is 6. The predicted molar refractivity (Wildman–Crippen MR) is 177 cm³/mol. The molecule has 3 saturated heterocycles. The van der Waals surface area contributed by atoms with Crippen molar-refractivity contribution in [1.82, 2.24) is 20.0 Å². The second kappa shape index (κ2) is 14.7. The highest BCUT2D eigenvalue weighted by Crippen LogP contribution is 2.59. The van der Waals surface area contributed by atoms with E-state index in [1.807, 2.05) is 0 Å². The Bertz CT molecular complexity index is 2010. The van der Waals surface area contributed by atoms with Gasteiger partial charge in [-0.25, -0.2) is 17.6 Å². The van der Waals surface area contributed by atoms with Gasteiger partial charge in [0.05, 0.1) is 18.5 Å². The van der Waals surface area contributed by atoms with Crippen LogP contribution in [0.1, 0.15) is 46.7 Å². The zero-order valence-electron chi connectivity index (χ0n) is 27.8. The number of amides is 3. The van der Waals surface area contributed by atoms with Crippen LogP contribution in [0.4, 0.5) is 26.3 Å². The van der Waals surface area contributed by atoms with Gasteiger partial charge in [-0.15, -0.1) is 0 Å². The molecule has 0 radical (unpaired) electrons. The first-order valence-corrected chi connectivity index (χ1v) is 18.3. The molecule has 11 nitrogen and oxygen atoms in total. The molecule has 5 atom stereocenters. The third-order valence-electron chi connectivity index (χ3n) is 10.2. The molecule has 3 fully saturated rings. The molecule has 0 aromatic heterocycles. The molecule has 3 heterocycles. The second-order valence-electron chi connectivity index (χ2n) is 13.6. The number of nitrogens with one attached hydrogen (secondary N) is 1. The molecule has 0 unspecified atom stereocenters. The Kier molecular flexibility index (Phi) is 10.6. The zero-order valence-corrected chi connectivity index (χ0v) is 28.7. The maximum atomic E-state index is 14.4. The van der Waals surface area contributed by atoms with Crippen LogP contribution in [0.15, 0.2) is 54.6 Å². The van der Waals surface area contributed by atoms with Crippen molar-refractivity contribution in [2.45, 2.75) is 55.4 Å². The number of hydrogen-bond donors (Lipinski definition) is 3. The Morgan fingerprint density at radius 2 is 1.66 bits per heavy atom. The molecule has 0 spiro atoms. The van der Waals surface area contributed by atoms with Gasteiger partial charge in [0.25, 0.3) is 12.3 Å². The lowest BCUT2D eigenvalue weighted by Crippen LogP contribution is -2.61. The van der Waals surface area contributed by atoms with Crippen molar-refractivity contribution in [3.63, 3.8) is 0 Å². The molecule has 3 aromatic rings. The predicted octanol–water partition coefficient (Wildman–Crippen LogP) is 4.54. The van der Waals surface area contributed by atoms with Gasteiger partial charge < -0.3 is 24.9 Å². The van der Waals surface area contributed by atoms with E-state index in [2.05, 4.69) is 11.4 Å². The van der Waals surface area contributed by atoms with E-state index in [1.54, 1.807) is 0 Å². The second-order valence-corrected chi connectivity index (χ2v) is 15.3. The number of nitriles is 1. The summed E-state index contributed by atoms with van der Waals surface area (Å²) in [4.78, 5) is 64.3. The highest BCUT2D eigenvalue weighted by atomic mass is 31.2. The topological polar surface area (TPSA) is 154 Å². The van der Waals surface area contributed by atoms with E-state index in [4.69, 9.17) is 9.79 Å². The lowest BCUT2D eigenvalue weighted by atomic mass is 9.90. The average molecular weight is 766 g/mol. The third-order valence-corrected chi connectivity index (χ3v) is 11.2. The van der Waals surface area contributed by atoms with E-state index in [0.29, 0.717) is 17.9 Å². The molecule has 3 amide bonds. The van der Waals surface area contributed by atoms with Gasteiger partial charge in [0.1, 0.15) is 23.7 Å². The number of carbonyl (C=O) groups is 3. The summed E-state index contributed by atoms with van der Waals surface area (Å²) >= 11 is 0. The van der Waals surface area contributed by atoms with Crippen LogP contribution in [-0.4, -0.2) is 99.5 Å². The molecular formula is C35H34F6N5O6P. The van der Waals surface area contributed by atoms with Gasteiger partial charge in [0.2, 0.25) is 11.8 Å². The number of carbonyl (C=O) groups excluding carboxylic acids is 3. The van der Waals surface area contributed by atoms with Crippen LogP contribution in [0.25, 0.3) is 10.8 Å². The monoisotopic (exact) mass is 765 g/mol. The van der Waals surface area contributed by atoms with Gasteiger partial charge in [-0.3, -0.25) is 23.8 Å². The standard InChI is InChI=1S/C35H34F6N5O6P/c36-25-11-22(12-26(37)13-25)28-16-45(15-23(28)14-42)34(49)30-6-5-27-7-8-44(18-31(38)39)17-29(33(48)46(27)30)43-32(47)20-2-1-19-3-4-24(10-21(19)9-20)35(40,41)53(50,51)52/h1-4,9-13,23,27-31H,5-8,15-18H2,(H,43,47)(H2,50,51,52)/t23-,27+,28+,29-,30-/m0/s1. The van der Waals surface area contributed by atoms with Crippen LogP contribution in [0.3, 0.4) is 0 Å². The molecule has 0 saturated carbocycles. The van der Waals surface area contributed by atoms with E-state index in [0.717, 1.165) is 24.3 Å². The normalized spacial score (nSPS) is 24.2. The zero-order chi connectivity index (χ0) is 38.4. The van der Waals surface area contributed by atoms with Crippen LogP contribution < -0.4 is 5.32 Å². The molecule has 282 valence electrons. The van der Waals surface area contributed by atoms with Crippen LogP contribution in [0, 0.1) is 28.9 Å². The fourth-order valence-corrected chi connectivity index (χ4v) is 8.06. The van der Waals surface area contributed by atoms with Crippen molar-refractivity contribution in [3.8, 4) is 6.07 Å². The maximum absolute atomic E-state index is 14.4. The molecular weight excluding hydrogens is 731 g/mol. The van der Waals surface area contributed by atoms with Crippen LogP contribution in [0.5, 0.6) is 0 Å². The summed E-state index contributed by atoms with van der Waals surface area (Å²) in [6.45, 7) is -1.06. The fourth-order valence-electron chi connectivity index (χ4n) is 7.59. The van der Waals surface area contributed by atoms with E-state index in [9.17, 15) is 50.6 Å². The average Bonchev–Trinajstić information content (AvgIpc) is 3.72. The van der Waals surface area contributed by atoms with E-state index in [1.165, 1.54) is 39.0 Å². The number of halogens is 6. The molecule has 3 aliphatic heterocycles. The van der Waals surface area contributed by atoms with Crippen molar-refractivity contribution in [2.75, 3.05) is 32.7 Å². The van der Waals surface area contributed by atoms with E-state index < -0.39 is 91.1 Å². The van der Waals surface area contributed by atoms with Crippen molar-refractivity contribution >= 4 is 36.1 Å². The lowest BCUT2D eigenvalue weighted by molar-refractivity contribution is -0.147. The van der Waals surface area contributed by atoms with Gasteiger partial charge in [0, 0.05) is 55.3 Å². The maximum Gasteiger partial charge on any atom is 0.399 e. The van der Waals surface area contributed by atoms with Gasteiger partial charge in [-0.2, -0.15) is 14.0 Å². The third kappa shape index (κ3) is 7.77. The van der Waals surface area contributed by atoms with Gasteiger partial charge in [-0.1, -0.05) is 18.2 Å². The minimum atomic E-state index is -5.89. The SMILES string of the molecule is N#C[C@H]1CN(C(=O)[C@@H]2CC[C@@H]3CCN(CC(F)F)C[C@H](NC(=O)c4ccc5ccc(C(F)(F)P(=O)(O)O)cc5c4)C(=O)N32)C[C@@H]1c1cc(F)cc(F)c1. The largest absolute Gasteiger partial charge is 0.399 e. The summed E-state index contributed by atoms with van der Waals surface area (Å²) in [5.74, 6) is -5.28. The van der Waals surface area contributed by atoms with Crippen molar-refractivity contribution in [1.29, 1.82) is 5.26 Å². The van der Waals surface area contributed by atoms with Crippen molar-refractivity contribution < 1.29 is 55.1 Å². The minimum absolute atomic E-state index is 0.0254. The molecule has 53 heavy (non-hydrogen) atoms. The van der Waals surface area contributed by atoms with E-state index in [-0.39, 0.29) is 55.5 Å². The number of alkyl halides is 4. The number of fused-ring (bicyclic) bond motifs is 2. The Morgan fingerprint density at radius 3 is 2.32 bits per heavy atom. The quantitative estimate of drug-likeness (QED) is 0.223. The molecule has 3 aliphatic rings. The smallest absolute Gasteiger partial charge is 0.339 e. The summed E-state index contributed by atoms with van der Waals surface area (Å²) in [6.07, 6.45) is -1.98. The van der Waals surface area contributed by atoms with Gasteiger partial charge in [-0.05, 0) is 65.9 Å². The molecule has 18 heteroatoms. The Labute approximate surface area is 299 Å². The Morgan fingerprint density at radius 1 is 0.962 bits per heavy atom. The molecule has 3 aromatic carbocycles. The summed E-state index contributed by atoms with van der Waals surface area (Å²) in [7, 11) is -5.89. The summed E-state index contributed by atoms with van der Waals surface area (Å²) in [5, 5.41) is 12.8. The van der Waals surface area contributed by atoms with Crippen molar-refractivity contribution in [2.24, 2.45) is 5.92 Å². The van der Waals surface area contributed by atoms with Gasteiger partial charge >= 0.3 is 13.3 Å². The van der Waals surface area contributed by atoms with E-state index >= 15 is 0 Å². The fraction of sp³-hybridized carbons (Fsp3) is 0.429. The first-order valence-electron chi connectivity index (χ1n) is 16.7. The summed E-state index contributed by atoms with van der Waals surface area (Å²) < 4.78 is 95.5. The lowest BCUT2D eigenvalue weighted by Gasteiger charge is -2.39. The van der Waals surface area contributed by atoms with Crippen LogP contribution in [-0.2, 0) is 19.8 Å². The minimum Gasteiger partial charge on any atom is -0.339 e. The summed E-state index contributed by atoms with van der Waals surface area (Å²) in [5.41, 5.74) is -5.42. The van der Waals surface area contributed by atoms with Gasteiger partial charge in [0.15, 0.2) is 0 Å². The van der Waals surface area contributed by atoms with Crippen molar-refractivity contribution in [3.05, 3.63) is 82.9 Å². The Hall–Kier alpha value is -4.49. The Balaban J connectivity index is 1.26. The number of benzene rings is 3. The molecule has 0 aliphatic carbocycles. The highest BCUT2D eigenvalue weighted by Gasteiger charge is 2.51. The first kappa shape index (κ1) is 38.2. The number of rotatable bonds is 8. The first-order chi connectivity index (χ1) is 25.0. The number of nitrogens with zero attached hydrogens (tertiary/aromatic N) is 4. The summed E-state index contributed by atoms with van der Waals surface area (Å²) in [6, 6.07) is 8.73.